The zero-order valence-electron chi connectivity index (χ0n) is 18.4. The third-order valence-electron chi connectivity index (χ3n) is 5.25. The molecule has 0 bridgehead atoms. The van der Waals surface area contributed by atoms with Crippen LogP contribution in [0.1, 0.15) is 37.2 Å². The van der Waals surface area contributed by atoms with Gasteiger partial charge in [0.05, 0.1) is 16.6 Å². The van der Waals surface area contributed by atoms with E-state index in [4.69, 9.17) is 23.2 Å². The summed E-state index contributed by atoms with van der Waals surface area (Å²) >= 11 is 13.4. The predicted molar refractivity (Wildman–Crippen MR) is 131 cm³/mol. The van der Waals surface area contributed by atoms with E-state index < -0.39 is 0 Å². The first-order valence-electron chi connectivity index (χ1n) is 10.9. The number of benzene rings is 1. The Morgan fingerprint density at radius 1 is 1.09 bits per heavy atom. The average Bonchev–Trinajstić information content (AvgIpc) is 3.24. The Balaban J connectivity index is 1.51. The highest BCUT2D eigenvalue weighted by Gasteiger charge is 2.26. The molecule has 2 heterocycles. The fourth-order valence-electron chi connectivity index (χ4n) is 3.59. The zero-order chi connectivity index (χ0) is 23.1. The molecule has 3 rings (SSSR count). The molecule has 1 saturated heterocycles. The predicted octanol–water partition coefficient (Wildman–Crippen LogP) is 4.60. The van der Waals surface area contributed by atoms with Crippen LogP contribution in [0.4, 0.5) is 10.8 Å². The van der Waals surface area contributed by atoms with Crippen LogP contribution in [0.15, 0.2) is 23.6 Å². The van der Waals surface area contributed by atoms with Crippen molar-refractivity contribution in [3.05, 3.63) is 39.3 Å². The number of nitrogens with zero attached hydrogens (tertiary/aromatic N) is 4. The SMILES string of the molecule is CCCN(CCC)C(=O)CN1CCN(C(=O)c2csc(Nc3ccc(Cl)c(Cl)c3)n2)CC1. The van der Waals surface area contributed by atoms with Gasteiger partial charge in [0, 0.05) is 50.3 Å². The van der Waals surface area contributed by atoms with Crippen molar-refractivity contribution in [3.8, 4) is 0 Å². The summed E-state index contributed by atoms with van der Waals surface area (Å²) in [6.45, 7) is 8.72. The molecule has 1 fully saturated rings. The lowest BCUT2D eigenvalue weighted by molar-refractivity contribution is -0.132. The summed E-state index contributed by atoms with van der Waals surface area (Å²) in [5.41, 5.74) is 1.17. The highest BCUT2D eigenvalue weighted by atomic mass is 35.5. The van der Waals surface area contributed by atoms with Crippen molar-refractivity contribution in [2.24, 2.45) is 0 Å². The number of carbonyl (C=O) groups is 2. The minimum Gasteiger partial charge on any atom is -0.342 e. The lowest BCUT2D eigenvalue weighted by Gasteiger charge is -2.35. The van der Waals surface area contributed by atoms with E-state index in [1.807, 2.05) is 4.90 Å². The fraction of sp³-hybridized carbons (Fsp3) is 0.500. The van der Waals surface area contributed by atoms with Crippen molar-refractivity contribution in [1.29, 1.82) is 0 Å². The molecule has 7 nitrogen and oxygen atoms in total. The molecule has 0 aliphatic carbocycles. The van der Waals surface area contributed by atoms with Crippen molar-refractivity contribution >= 4 is 57.2 Å². The van der Waals surface area contributed by atoms with Crippen LogP contribution in [0.5, 0.6) is 0 Å². The average molecular weight is 498 g/mol. The Kier molecular flexibility index (Phi) is 9.16. The molecule has 0 radical (unpaired) electrons. The molecular weight excluding hydrogens is 469 g/mol. The first-order chi connectivity index (χ1) is 15.4. The molecule has 1 aromatic carbocycles. The van der Waals surface area contributed by atoms with E-state index in [-0.39, 0.29) is 11.8 Å². The number of amides is 2. The molecule has 10 heteroatoms. The van der Waals surface area contributed by atoms with Gasteiger partial charge in [-0.05, 0) is 31.0 Å². The van der Waals surface area contributed by atoms with Gasteiger partial charge < -0.3 is 15.1 Å². The quantitative estimate of drug-likeness (QED) is 0.548. The molecule has 32 heavy (non-hydrogen) atoms. The molecule has 0 atom stereocenters. The monoisotopic (exact) mass is 497 g/mol. The van der Waals surface area contributed by atoms with Crippen LogP contribution in [-0.2, 0) is 4.79 Å². The number of nitrogens with one attached hydrogen (secondary N) is 1. The van der Waals surface area contributed by atoms with Gasteiger partial charge in [0.15, 0.2) is 5.13 Å². The zero-order valence-corrected chi connectivity index (χ0v) is 20.8. The highest BCUT2D eigenvalue weighted by Crippen LogP contribution is 2.28. The number of anilines is 2. The van der Waals surface area contributed by atoms with Crippen LogP contribution in [0, 0.1) is 0 Å². The van der Waals surface area contributed by atoms with Gasteiger partial charge in [-0.2, -0.15) is 0 Å². The summed E-state index contributed by atoms with van der Waals surface area (Å²) in [4.78, 5) is 35.8. The van der Waals surface area contributed by atoms with Crippen molar-refractivity contribution in [1.82, 2.24) is 19.7 Å². The summed E-state index contributed by atoms with van der Waals surface area (Å²) < 4.78 is 0. The number of hydrogen-bond donors (Lipinski definition) is 1. The largest absolute Gasteiger partial charge is 0.342 e. The first kappa shape index (κ1) is 24.8. The Bertz CT molecular complexity index is 925. The minimum absolute atomic E-state index is 0.0898. The normalized spacial score (nSPS) is 14.4. The lowest BCUT2D eigenvalue weighted by atomic mass is 10.2. The van der Waals surface area contributed by atoms with Crippen LogP contribution in [0.2, 0.25) is 10.0 Å². The standard InChI is InChI=1S/C22H29Cl2N5O2S/c1-3-7-28(8-4-2)20(30)14-27-9-11-29(12-10-27)21(31)19-15-32-22(26-19)25-16-5-6-17(23)18(24)13-16/h5-6,13,15H,3-4,7-12,14H2,1-2H3,(H,25,26). The van der Waals surface area contributed by atoms with Crippen LogP contribution in [0.25, 0.3) is 0 Å². The van der Waals surface area contributed by atoms with Gasteiger partial charge in [0.2, 0.25) is 5.91 Å². The van der Waals surface area contributed by atoms with E-state index >= 15 is 0 Å². The Labute approximate surface area is 203 Å². The summed E-state index contributed by atoms with van der Waals surface area (Å²) in [7, 11) is 0. The van der Waals surface area contributed by atoms with E-state index in [9.17, 15) is 9.59 Å². The number of rotatable bonds is 9. The summed E-state index contributed by atoms with van der Waals surface area (Å²) in [6, 6.07) is 5.23. The van der Waals surface area contributed by atoms with Crippen LogP contribution in [0.3, 0.4) is 0 Å². The molecule has 1 aliphatic heterocycles. The van der Waals surface area contributed by atoms with Gasteiger partial charge in [0.1, 0.15) is 5.69 Å². The number of halogens is 2. The first-order valence-corrected chi connectivity index (χ1v) is 12.5. The molecule has 2 aromatic rings. The molecular formula is C22H29Cl2N5O2S. The van der Waals surface area contributed by atoms with Gasteiger partial charge in [-0.1, -0.05) is 37.0 Å². The number of piperazine rings is 1. The second kappa shape index (κ2) is 11.8. The molecule has 0 spiro atoms. The molecule has 1 N–H and O–H groups in total. The maximum Gasteiger partial charge on any atom is 0.273 e. The van der Waals surface area contributed by atoms with E-state index in [1.165, 1.54) is 11.3 Å². The molecule has 1 aromatic heterocycles. The summed E-state index contributed by atoms with van der Waals surface area (Å²) in [5, 5.41) is 6.46. The lowest BCUT2D eigenvalue weighted by Crippen LogP contribution is -2.51. The van der Waals surface area contributed by atoms with Crippen molar-refractivity contribution in [2.45, 2.75) is 26.7 Å². The topological polar surface area (TPSA) is 68.8 Å². The van der Waals surface area contributed by atoms with Crippen LogP contribution in [-0.4, -0.2) is 77.3 Å². The van der Waals surface area contributed by atoms with Crippen LogP contribution < -0.4 is 5.32 Å². The number of hydrogen-bond acceptors (Lipinski definition) is 6. The maximum absolute atomic E-state index is 12.9. The van der Waals surface area contributed by atoms with Crippen LogP contribution >= 0.6 is 34.5 Å². The van der Waals surface area contributed by atoms with Crippen molar-refractivity contribution in [3.63, 3.8) is 0 Å². The van der Waals surface area contributed by atoms with E-state index in [0.29, 0.717) is 53.6 Å². The minimum atomic E-state index is -0.0898. The third-order valence-corrected chi connectivity index (χ3v) is 6.75. The third kappa shape index (κ3) is 6.57. The second-order valence-electron chi connectivity index (χ2n) is 7.74. The number of aromatic nitrogens is 1. The second-order valence-corrected chi connectivity index (χ2v) is 9.41. The van der Waals surface area contributed by atoms with Gasteiger partial charge in [-0.15, -0.1) is 11.3 Å². The summed E-state index contributed by atoms with van der Waals surface area (Å²) in [6.07, 6.45) is 1.92. The van der Waals surface area contributed by atoms with E-state index in [2.05, 4.69) is 29.0 Å². The molecule has 0 unspecified atom stereocenters. The number of thiazole rings is 1. The van der Waals surface area contributed by atoms with E-state index in [0.717, 1.165) is 31.6 Å². The number of carbonyl (C=O) groups excluding carboxylic acids is 2. The molecule has 1 aliphatic rings. The Morgan fingerprint density at radius 2 is 1.78 bits per heavy atom. The molecule has 0 saturated carbocycles. The fourth-order valence-corrected chi connectivity index (χ4v) is 4.59. The maximum atomic E-state index is 12.9. The van der Waals surface area contributed by atoms with Gasteiger partial charge >= 0.3 is 0 Å². The Morgan fingerprint density at radius 3 is 2.41 bits per heavy atom. The van der Waals surface area contributed by atoms with Gasteiger partial charge in [-0.25, -0.2) is 4.98 Å². The van der Waals surface area contributed by atoms with Gasteiger partial charge in [-0.3, -0.25) is 14.5 Å². The molecule has 2 amide bonds. The van der Waals surface area contributed by atoms with Gasteiger partial charge in [0.25, 0.3) is 5.91 Å². The Hall–Kier alpha value is -1.87. The van der Waals surface area contributed by atoms with Crippen molar-refractivity contribution in [2.75, 3.05) is 51.1 Å². The van der Waals surface area contributed by atoms with E-state index in [1.54, 1.807) is 28.5 Å². The molecule has 174 valence electrons. The smallest absolute Gasteiger partial charge is 0.273 e. The van der Waals surface area contributed by atoms with Crippen molar-refractivity contribution < 1.29 is 9.59 Å². The highest BCUT2D eigenvalue weighted by molar-refractivity contribution is 7.14. The summed E-state index contributed by atoms with van der Waals surface area (Å²) in [5.74, 6) is 0.0824.